The molecule has 3 heterocycles. The molecule has 0 aliphatic rings. The van der Waals surface area contributed by atoms with Crippen LogP contribution in [0.15, 0.2) is 126 Å². The zero-order valence-corrected chi connectivity index (χ0v) is 37.7. The summed E-state index contributed by atoms with van der Waals surface area (Å²) in [7, 11) is -4.74. The largest absolute Gasteiger partial charge is 0.294 e. The minimum atomic E-state index is -4.74. The first kappa shape index (κ1) is 45.1. The molecule has 0 aliphatic carbocycles. The van der Waals surface area contributed by atoms with Crippen LogP contribution in [0.3, 0.4) is 0 Å². The number of nitrogens with zero attached hydrogens (tertiary/aromatic N) is 15. The summed E-state index contributed by atoms with van der Waals surface area (Å²) in [5, 5.41) is 62.9. The highest BCUT2D eigenvalue weighted by Crippen LogP contribution is 2.48. The standard InChI is InChI=1S/C54H21N15O3S/c1-61-36-22-34(28-59)43(35(23-36)29-60)52-64-46-49(67(52)37-10-6-4-7-11-37)47-51(48-50(46)68(38-12-8-5-9-13-38)53(65-48)44-32(26-57)18-30(24-55)20-41(44)62-2)69(39-14-16-40(17-15-39)73(70,71)72)54(66-47)45-33(27-58)19-31(25-56)21-42(45)63-3/h4-23H,(H,70,71,72). The van der Waals surface area contributed by atoms with Crippen molar-refractivity contribution in [2.45, 2.75) is 4.90 Å². The van der Waals surface area contributed by atoms with Crippen molar-refractivity contribution in [3.05, 3.63) is 189 Å². The third-order valence-corrected chi connectivity index (χ3v) is 12.7. The molecule has 0 unspecified atom stereocenters. The van der Waals surface area contributed by atoms with Gasteiger partial charge < -0.3 is 0 Å². The molecular formula is C54H21N15O3S. The Hall–Kier alpha value is -11.7. The molecule has 0 radical (unpaired) electrons. The van der Waals surface area contributed by atoms with Crippen LogP contribution < -0.4 is 0 Å². The van der Waals surface area contributed by atoms with Gasteiger partial charge in [-0.25, -0.2) is 29.5 Å². The van der Waals surface area contributed by atoms with Crippen LogP contribution >= 0.6 is 0 Å². The molecular weight excluding hydrogens is 939 g/mol. The molecule has 0 amide bonds. The van der Waals surface area contributed by atoms with Crippen LogP contribution in [0.1, 0.15) is 33.4 Å². The summed E-state index contributed by atoms with van der Waals surface area (Å²) in [6.07, 6.45) is 0. The first-order valence-electron chi connectivity index (χ1n) is 21.1. The van der Waals surface area contributed by atoms with Gasteiger partial charge in [0.25, 0.3) is 10.1 Å². The van der Waals surface area contributed by atoms with Crippen molar-refractivity contribution in [3.8, 4) is 87.6 Å². The average molecular weight is 960 g/mol. The molecule has 18 nitrogen and oxygen atoms in total. The molecule has 0 spiro atoms. The second kappa shape index (κ2) is 17.4. The Morgan fingerprint density at radius 1 is 0.452 bits per heavy atom. The number of imidazole rings is 3. The van der Waals surface area contributed by atoms with E-state index in [9.17, 15) is 44.5 Å². The molecule has 7 aromatic carbocycles. The Balaban J connectivity index is 1.58. The van der Waals surface area contributed by atoms with Crippen LogP contribution in [0.4, 0.5) is 17.1 Å². The number of hydrogen-bond acceptors (Lipinski definition) is 11. The van der Waals surface area contributed by atoms with Crippen molar-refractivity contribution in [2.24, 2.45) is 0 Å². The summed E-state index contributed by atoms with van der Waals surface area (Å²) < 4.78 is 39.8. The zero-order valence-electron chi connectivity index (χ0n) is 36.9. The van der Waals surface area contributed by atoms with Gasteiger partial charge in [-0.1, -0.05) is 36.4 Å². The first-order valence-corrected chi connectivity index (χ1v) is 22.6. The lowest BCUT2D eigenvalue weighted by molar-refractivity contribution is 0.483. The molecule has 0 fully saturated rings. The lowest BCUT2D eigenvalue weighted by atomic mass is 10.00. The molecule has 0 saturated carbocycles. The van der Waals surface area contributed by atoms with E-state index in [2.05, 4.69) is 38.8 Å². The van der Waals surface area contributed by atoms with Crippen molar-refractivity contribution in [3.63, 3.8) is 0 Å². The summed E-state index contributed by atoms with van der Waals surface area (Å²) in [6, 6.07) is 42.8. The van der Waals surface area contributed by atoms with Crippen LogP contribution in [0, 0.1) is 87.7 Å². The van der Waals surface area contributed by atoms with Crippen molar-refractivity contribution < 1.29 is 13.0 Å². The maximum absolute atomic E-state index is 12.5. The molecule has 336 valence electrons. The maximum Gasteiger partial charge on any atom is 0.294 e. The van der Waals surface area contributed by atoms with E-state index in [4.69, 9.17) is 34.7 Å². The molecule has 0 saturated heterocycles. The van der Waals surface area contributed by atoms with Gasteiger partial charge in [0, 0.05) is 39.3 Å². The van der Waals surface area contributed by atoms with Gasteiger partial charge >= 0.3 is 0 Å². The van der Waals surface area contributed by atoms with Gasteiger partial charge in [0.05, 0.1) is 88.8 Å². The fourth-order valence-electron chi connectivity index (χ4n) is 8.90. The zero-order chi connectivity index (χ0) is 51.3. The number of nitriles is 6. The van der Waals surface area contributed by atoms with Gasteiger partial charge in [-0.2, -0.15) is 40.0 Å². The van der Waals surface area contributed by atoms with Crippen LogP contribution in [-0.4, -0.2) is 41.6 Å². The lowest BCUT2D eigenvalue weighted by Crippen LogP contribution is -2.03. The van der Waals surface area contributed by atoms with Crippen molar-refractivity contribution >= 4 is 60.3 Å². The topological polar surface area (TPSA) is 264 Å². The molecule has 10 aromatic rings. The molecule has 0 bridgehead atoms. The van der Waals surface area contributed by atoms with E-state index in [1.807, 2.05) is 12.1 Å². The highest BCUT2D eigenvalue weighted by Gasteiger charge is 2.34. The second-order valence-corrected chi connectivity index (χ2v) is 17.2. The van der Waals surface area contributed by atoms with Gasteiger partial charge in [-0.05, 0) is 84.9 Å². The third-order valence-electron chi connectivity index (χ3n) is 11.9. The first-order chi connectivity index (χ1) is 35.4. The van der Waals surface area contributed by atoms with Gasteiger partial charge in [0.15, 0.2) is 5.69 Å². The summed E-state index contributed by atoms with van der Waals surface area (Å²) >= 11 is 0. The number of benzene rings is 7. The number of para-hydroxylation sites is 2. The summed E-state index contributed by atoms with van der Waals surface area (Å²) in [6.45, 7) is 24.4. The minimum Gasteiger partial charge on any atom is -0.291 e. The van der Waals surface area contributed by atoms with E-state index in [1.54, 1.807) is 69.8 Å². The van der Waals surface area contributed by atoms with E-state index in [-0.39, 0.29) is 123 Å². The third kappa shape index (κ3) is 7.06. The van der Waals surface area contributed by atoms with E-state index in [0.717, 1.165) is 12.1 Å². The van der Waals surface area contributed by atoms with E-state index < -0.39 is 15.0 Å². The molecule has 1 N–H and O–H groups in total. The lowest BCUT2D eigenvalue weighted by Gasteiger charge is -2.14. The monoisotopic (exact) mass is 959 g/mol. The molecule has 19 heteroatoms. The molecule has 73 heavy (non-hydrogen) atoms. The fraction of sp³-hybridized carbons (Fsp3) is 0. The van der Waals surface area contributed by atoms with Gasteiger partial charge in [0.2, 0.25) is 11.4 Å². The smallest absolute Gasteiger partial charge is 0.291 e. The Morgan fingerprint density at radius 3 is 1.14 bits per heavy atom. The Labute approximate surface area is 413 Å². The van der Waals surface area contributed by atoms with Crippen LogP contribution in [0.5, 0.6) is 0 Å². The molecule has 10 rings (SSSR count). The Kier molecular flexibility index (Phi) is 10.8. The summed E-state index contributed by atoms with van der Waals surface area (Å²) in [5.41, 5.74) is 1.09. The van der Waals surface area contributed by atoms with Crippen molar-refractivity contribution in [1.82, 2.24) is 28.7 Å². The van der Waals surface area contributed by atoms with E-state index >= 15 is 0 Å². The van der Waals surface area contributed by atoms with Crippen molar-refractivity contribution in [1.29, 1.82) is 31.6 Å². The Morgan fingerprint density at radius 2 is 0.808 bits per heavy atom. The molecule has 0 aliphatic heterocycles. The van der Waals surface area contributed by atoms with E-state index in [0.29, 0.717) is 11.4 Å². The number of fused-ring (bicyclic) bond motifs is 6. The number of aromatic nitrogens is 6. The maximum atomic E-state index is 12.5. The van der Waals surface area contributed by atoms with Crippen LogP contribution in [-0.2, 0) is 10.1 Å². The quantitative estimate of drug-likeness (QED) is 0.115. The number of hydrogen-bond donors (Lipinski definition) is 1. The summed E-state index contributed by atoms with van der Waals surface area (Å²) in [5.74, 6) is -0.0708. The van der Waals surface area contributed by atoms with Gasteiger partial charge in [0.1, 0.15) is 50.6 Å². The van der Waals surface area contributed by atoms with Gasteiger partial charge in [-0.15, -0.1) is 0 Å². The Bertz CT molecular complexity index is 4450. The van der Waals surface area contributed by atoms with Crippen LogP contribution in [0.25, 0.3) is 98.9 Å². The second-order valence-electron chi connectivity index (χ2n) is 15.8. The highest BCUT2D eigenvalue weighted by atomic mass is 32.2. The predicted octanol–water partition coefficient (Wildman–Crippen LogP) is 10.8. The average Bonchev–Trinajstić information content (AvgIpc) is 4.16. The highest BCUT2D eigenvalue weighted by molar-refractivity contribution is 7.85. The van der Waals surface area contributed by atoms with E-state index in [1.165, 1.54) is 53.1 Å². The van der Waals surface area contributed by atoms with Crippen molar-refractivity contribution in [2.75, 3.05) is 0 Å². The minimum absolute atomic E-state index is 0.00338. The predicted molar refractivity (Wildman–Crippen MR) is 264 cm³/mol. The summed E-state index contributed by atoms with van der Waals surface area (Å²) in [4.78, 5) is 26.4. The van der Waals surface area contributed by atoms with Gasteiger partial charge in [-0.3, -0.25) is 18.3 Å². The number of rotatable bonds is 7. The molecule has 3 aromatic heterocycles. The fourth-order valence-corrected chi connectivity index (χ4v) is 9.38. The van der Waals surface area contributed by atoms with Crippen LogP contribution in [0.2, 0.25) is 0 Å². The normalized spacial score (nSPS) is 10.8. The molecule has 0 atom stereocenters. The SMILES string of the molecule is [C-]#[N+]c1cc(C#N)c(-c2nc3c(c4nc(-c5c(C#N)cc(C#N)cc5[N+]#[C-])n(-c5ccc(S(=O)(=O)O)cc5)c4c4nc(-c5c(C#N)cc(C#N)cc5[N+]#[C-])n(-c5ccccc5)c34)n2-c2ccccc2)c(C#N)c1.